The van der Waals surface area contributed by atoms with Gasteiger partial charge in [-0.3, -0.25) is 4.90 Å². The Hall–Kier alpha value is -3.73. The van der Waals surface area contributed by atoms with Gasteiger partial charge in [0.2, 0.25) is 6.79 Å². The molecule has 0 unspecified atom stereocenters. The van der Waals surface area contributed by atoms with Crippen molar-refractivity contribution in [3.63, 3.8) is 0 Å². The Morgan fingerprint density at radius 2 is 1.55 bits per heavy atom. The third kappa shape index (κ3) is 4.87. The van der Waals surface area contributed by atoms with E-state index in [0.717, 1.165) is 73.2 Å². The molecule has 6 rings (SSSR count). The average molecular weight is 551 g/mol. The molecule has 0 radical (unpaired) electrons. The van der Waals surface area contributed by atoms with Crippen molar-refractivity contribution in [2.24, 2.45) is 0 Å². The van der Waals surface area contributed by atoms with Gasteiger partial charge in [-0.25, -0.2) is 4.79 Å². The van der Waals surface area contributed by atoms with E-state index in [0.29, 0.717) is 40.9 Å². The first-order chi connectivity index (χ1) is 19.6. The molecule has 0 saturated carbocycles. The molecule has 0 aromatic heterocycles. The number of fused-ring (bicyclic) bond motifs is 3. The second kappa shape index (κ2) is 11.4. The van der Waals surface area contributed by atoms with Crippen LogP contribution in [0.5, 0.6) is 28.7 Å². The number of carbonyl (C=O) groups excluding carboxylic acids is 1. The minimum atomic E-state index is -0.384. The zero-order valence-corrected chi connectivity index (χ0v) is 22.9. The van der Waals surface area contributed by atoms with E-state index in [2.05, 4.69) is 9.80 Å². The first-order valence-corrected chi connectivity index (χ1v) is 13.6. The summed E-state index contributed by atoms with van der Waals surface area (Å²) in [5.74, 6) is 2.67. The molecule has 1 N–H and O–H groups in total. The van der Waals surface area contributed by atoms with Crippen LogP contribution >= 0.6 is 0 Å². The Morgan fingerprint density at radius 3 is 2.27 bits per heavy atom. The second-order valence-corrected chi connectivity index (χ2v) is 10.1. The Morgan fingerprint density at radius 1 is 0.850 bits per heavy atom. The molecule has 3 aromatic rings. The monoisotopic (exact) mass is 550 g/mol. The predicted molar refractivity (Wildman–Crippen MR) is 148 cm³/mol. The van der Waals surface area contributed by atoms with E-state index >= 15 is 0 Å². The maximum atomic E-state index is 13.2. The van der Waals surface area contributed by atoms with E-state index in [9.17, 15) is 9.90 Å². The lowest BCUT2D eigenvalue weighted by Gasteiger charge is -2.34. The lowest BCUT2D eigenvalue weighted by molar-refractivity contribution is 0.0534. The summed E-state index contributed by atoms with van der Waals surface area (Å²) in [6.07, 6.45) is 0.836. The number of carbonyl (C=O) groups is 1. The molecular formula is C30H34N2O8. The van der Waals surface area contributed by atoms with Crippen molar-refractivity contribution in [3.05, 3.63) is 41.5 Å². The molecule has 40 heavy (non-hydrogen) atoms. The molecule has 1 fully saturated rings. The summed E-state index contributed by atoms with van der Waals surface area (Å²) in [6.45, 7) is 6.50. The summed E-state index contributed by atoms with van der Waals surface area (Å²) in [5.41, 5.74) is 2.77. The van der Waals surface area contributed by atoms with Gasteiger partial charge in [0.15, 0.2) is 23.0 Å². The van der Waals surface area contributed by atoms with E-state index in [1.54, 1.807) is 14.2 Å². The smallest absolute Gasteiger partial charge is 0.339 e. The van der Waals surface area contributed by atoms with Gasteiger partial charge in [0.05, 0.1) is 33.0 Å². The van der Waals surface area contributed by atoms with E-state index in [4.69, 9.17) is 28.4 Å². The number of esters is 1. The molecule has 3 heterocycles. The molecule has 3 aliphatic rings. The largest absolute Gasteiger partial charge is 0.493 e. The van der Waals surface area contributed by atoms with Gasteiger partial charge < -0.3 is 38.4 Å². The van der Waals surface area contributed by atoms with Crippen molar-refractivity contribution in [1.82, 2.24) is 9.80 Å². The topological polar surface area (TPSA) is 99.2 Å². The summed E-state index contributed by atoms with van der Waals surface area (Å²) in [4.78, 5) is 17.9. The number of nitrogens with zero attached hydrogens (tertiary/aromatic N) is 2. The van der Waals surface area contributed by atoms with Crippen LogP contribution in [-0.4, -0.2) is 94.4 Å². The van der Waals surface area contributed by atoms with Crippen LogP contribution in [0.1, 0.15) is 22.3 Å². The molecule has 212 valence electrons. The summed E-state index contributed by atoms with van der Waals surface area (Å²) < 4.78 is 34.4. The van der Waals surface area contributed by atoms with Crippen LogP contribution in [0.25, 0.3) is 21.9 Å². The molecule has 0 aliphatic carbocycles. The zero-order valence-electron chi connectivity index (χ0n) is 22.9. The fraction of sp³-hybridized carbons (Fsp3) is 0.433. The number of ether oxygens (including phenoxy) is 6. The van der Waals surface area contributed by atoms with Gasteiger partial charge in [-0.1, -0.05) is 6.07 Å². The van der Waals surface area contributed by atoms with E-state index in [1.165, 1.54) is 0 Å². The van der Waals surface area contributed by atoms with Crippen molar-refractivity contribution in [1.29, 1.82) is 0 Å². The molecule has 10 nitrogen and oxygen atoms in total. The van der Waals surface area contributed by atoms with Crippen LogP contribution in [0.2, 0.25) is 0 Å². The van der Waals surface area contributed by atoms with Crippen LogP contribution in [0.15, 0.2) is 30.3 Å². The minimum absolute atomic E-state index is 0.137. The van der Waals surface area contributed by atoms with E-state index in [1.807, 2.05) is 30.3 Å². The van der Waals surface area contributed by atoms with Gasteiger partial charge in [-0.2, -0.15) is 0 Å². The Kier molecular flexibility index (Phi) is 7.55. The molecule has 0 bridgehead atoms. The van der Waals surface area contributed by atoms with Gasteiger partial charge in [-0.05, 0) is 41.6 Å². The molecule has 3 aromatic carbocycles. The SMILES string of the molecule is COc1cc2c(OCCCN3CCN(CCO)CC3)c3c(c(-c4ccc5c(c4)OCO5)c2cc1OC)C(=O)OC3. The predicted octanol–water partition coefficient (Wildman–Crippen LogP) is 3.30. The zero-order chi connectivity index (χ0) is 27.6. The number of hydrogen-bond donors (Lipinski definition) is 1. The highest BCUT2D eigenvalue weighted by Crippen LogP contribution is 2.49. The molecular weight excluding hydrogens is 516 g/mol. The number of aliphatic hydroxyl groups is 1. The Balaban J connectivity index is 1.35. The van der Waals surface area contributed by atoms with Crippen molar-refractivity contribution in [2.45, 2.75) is 13.0 Å². The number of β-amino-alcohol motifs (C(OH)–C–C–N with tert-alkyl or cyclic N) is 1. The first kappa shape index (κ1) is 26.5. The third-order valence-electron chi connectivity index (χ3n) is 7.82. The molecule has 10 heteroatoms. The molecule has 0 amide bonds. The van der Waals surface area contributed by atoms with Crippen LogP contribution in [0, 0.1) is 0 Å². The van der Waals surface area contributed by atoms with Crippen molar-refractivity contribution < 1.29 is 38.3 Å². The summed E-state index contributed by atoms with van der Waals surface area (Å²) >= 11 is 0. The second-order valence-electron chi connectivity index (χ2n) is 10.1. The van der Waals surface area contributed by atoms with Gasteiger partial charge in [0.1, 0.15) is 12.4 Å². The number of cyclic esters (lactones) is 1. The number of benzene rings is 3. The Labute approximate surface area is 232 Å². The first-order valence-electron chi connectivity index (χ1n) is 13.6. The van der Waals surface area contributed by atoms with Crippen LogP contribution in [0.3, 0.4) is 0 Å². The normalized spacial score (nSPS) is 16.7. The summed E-state index contributed by atoms with van der Waals surface area (Å²) in [5, 5.41) is 10.8. The van der Waals surface area contributed by atoms with Gasteiger partial charge >= 0.3 is 5.97 Å². The molecule has 1 saturated heterocycles. The lowest BCUT2D eigenvalue weighted by atomic mass is 9.89. The van der Waals surface area contributed by atoms with Crippen LogP contribution < -0.4 is 23.7 Å². The third-order valence-corrected chi connectivity index (χ3v) is 7.82. The average Bonchev–Trinajstić information content (AvgIpc) is 3.61. The highest BCUT2D eigenvalue weighted by Gasteiger charge is 2.33. The summed E-state index contributed by atoms with van der Waals surface area (Å²) in [7, 11) is 3.19. The number of aliphatic hydroxyl groups excluding tert-OH is 1. The van der Waals surface area contributed by atoms with E-state index < -0.39 is 0 Å². The number of rotatable bonds is 10. The molecule has 0 spiro atoms. The van der Waals surface area contributed by atoms with Gasteiger partial charge in [-0.15, -0.1) is 0 Å². The van der Waals surface area contributed by atoms with Crippen LogP contribution in [0.4, 0.5) is 0 Å². The van der Waals surface area contributed by atoms with E-state index in [-0.39, 0.29) is 26.0 Å². The minimum Gasteiger partial charge on any atom is -0.493 e. The van der Waals surface area contributed by atoms with Crippen molar-refractivity contribution >= 4 is 16.7 Å². The maximum absolute atomic E-state index is 13.2. The van der Waals surface area contributed by atoms with Crippen LogP contribution in [-0.2, 0) is 11.3 Å². The highest BCUT2D eigenvalue weighted by molar-refractivity contribution is 6.14. The number of hydrogen-bond acceptors (Lipinski definition) is 10. The van der Waals surface area contributed by atoms with Gasteiger partial charge in [0, 0.05) is 55.8 Å². The fourth-order valence-electron chi connectivity index (χ4n) is 5.77. The summed E-state index contributed by atoms with van der Waals surface area (Å²) in [6, 6.07) is 9.46. The molecule has 3 aliphatic heterocycles. The molecule has 0 atom stereocenters. The standard InChI is InChI=1S/C30H34N2O8/c1-35-24-15-20-21(16-25(24)36-2)29(37-13-3-6-31-7-9-32(10-8-31)11-12-33)22-17-38-30(34)28(22)27(20)19-4-5-23-26(14-19)40-18-39-23/h4-5,14-16,33H,3,6-13,17-18H2,1-2H3. The highest BCUT2D eigenvalue weighted by atomic mass is 16.7. The number of piperazine rings is 1. The van der Waals surface area contributed by atoms with Gasteiger partial charge in [0.25, 0.3) is 0 Å². The Bertz CT molecular complexity index is 1420. The maximum Gasteiger partial charge on any atom is 0.339 e. The lowest BCUT2D eigenvalue weighted by Crippen LogP contribution is -2.47. The van der Waals surface area contributed by atoms with Crippen molar-refractivity contribution in [2.75, 3.05) is 73.5 Å². The number of methoxy groups -OCH3 is 2. The quantitative estimate of drug-likeness (QED) is 0.299. The fourth-order valence-corrected chi connectivity index (χ4v) is 5.77. The van der Waals surface area contributed by atoms with Crippen molar-refractivity contribution in [3.8, 4) is 39.9 Å².